The Balaban J connectivity index is 1.80. The number of nitrogens with one attached hydrogen (secondary N) is 1. The Bertz CT molecular complexity index is 681. The third-order valence-corrected chi connectivity index (χ3v) is 4.67. The molecule has 2 aromatic rings. The molecule has 0 aromatic heterocycles. The molecule has 0 aliphatic heterocycles. The van der Waals surface area contributed by atoms with Crippen molar-refractivity contribution in [1.82, 2.24) is 5.32 Å². The van der Waals surface area contributed by atoms with E-state index in [9.17, 15) is 4.79 Å². The quantitative estimate of drug-likeness (QED) is 0.909. The van der Waals surface area contributed by atoms with Crippen LogP contribution >= 0.6 is 0 Å². The van der Waals surface area contributed by atoms with Crippen molar-refractivity contribution in [3.8, 4) is 0 Å². The molecule has 2 aromatic carbocycles. The summed E-state index contributed by atoms with van der Waals surface area (Å²) in [4.78, 5) is 14.7. The lowest BCUT2D eigenvalue weighted by Crippen LogP contribution is -2.30. The molecule has 1 aliphatic rings. The second-order valence-electron chi connectivity index (χ2n) is 6.68. The van der Waals surface area contributed by atoms with Gasteiger partial charge in [0.15, 0.2) is 0 Å². The predicted octanol–water partition coefficient (Wildman–Crippen LogP) is 3.88. The number of carbonyl (C=O) groups is 1. The number of carbonyl (C=O) groups excluding carboxylic acids is 1. The molecule has 3 atom stereocenters. The lowest BCUT2D eigenvalue weighted by molar-refractivity contribution is 0.0930. The molecule has 1 amide bonds. The van der Waals surface area contributed by atoms with Crippen molar-refractivity contribution < 1.29 is 4.79 Å². The van der Waals surface area contributed by atoms with Crippen LogP contribution in [-0.4, -0.2) is 20.0 Å². The maximum Gasteiger partial charge on any atom is 0.251 e. The van der Waals surface area contributed by atoms with E-state index >= 15 is 0 Å². The highest BCUT2D eigenvalue weighted by Crippen LogP contribution is 2.47. The van der Waals surface area contributed by atoms with Crippen LogP contribution in [0, 0.1) is 11.8 Å². The summed E-state index contributed by atoms with van der Waals surface area (Å²) in [5.74, 6) is 1.22. The van der Waals surface area contributed by atoms with Crippen LogP contribution in [-0.2, 0) is 0 Å². The summed E-state index contributed by atoms with van der Waals surface area (Å²) in [7, 11) is 3.96. The van der Waals surface area contributed by atoms with Gasteiger partial charge in [0.25, 0.3) is 5.91 Å². The van der Waals surface area contributed by atoms with Crippen LogP contribution in [0.3, 0.4) is 0 Å². The summed E-state index contributed by atoms with van der Waals surface area (Å²) in [6.07, 6.45) is 1.18. The predicted molar refractivity (Wildman–Crippen MR) is 94.7 cm³/mol. The second kappa shape index (κ2) is 6.45. The Kier molecular flexibility index (Phi) is 4.37. The number of benzene rings is 2. The van der Waals surface area contributed by atoms with Gasteiger partial charge in [0.2, 0.25) is 0 Å². The van der Waals surface area contributed by atoms with Gasteiger partial charge in [-0.1, -0.05) is 43.3 Å². The van der Waals surface area contributed by atoms with E-state index in [4.69, 9.17) is 0 Å². The second-order valence-corrected chi connectivity index (χ2v) is 6.68. The van der Waals surface area contributed by atoms with Gasteiger partial charge in [0.05, 0.1) is 6.04 Å². The van der Waals surface area contributed by atoms with Crippen LogP contribution in [0.2, 0.25) is 0 Å². The van der Waals surface area contributed by atoms with Crippen LogP contribution < -0.4 is 10.2 Å². The van der Waals surface area contributed by atoms with Crippen molar-refractivity contribution in [2.45, 2.75) is 19.4 Å². The average molecular weight is 308 g/mol. The summed E-state index contributed by atoms with van der Waals surface area (Å²) in [6.45, 7) is 2.25. The first-order valence-electron chi connectivity index (χ1n) is 8.19. The molecule has 23 heavy (non-hydrogen) atoms. The lowest BCUT2D eigenvalue weighted by Gasteiger charge is -2.20. The fourth-order valence-corrected chi connectivity index (χ4v) is 3.06. The zero-order chi connectivity index (χ0) is 16.4. The third kappa shape index (κ3) is 3.55. The van der Waals surface area contributed by atoms with Gasteiger partial charge in [0.1, 0.15) is 0 Å². The fraction of sp³-hybridized carbons (Fsp3) is 0.350. The van der Waals surface area contributed by atoms with Crippen LogP contribution in [0.25, 0.3) is 0 Å². The van der Waals surface area contributed by atoms with Crippen LogP contribution in [0.15, 0.2) is 54.6 Å². The summed E-state index contributed by atoms with van der Waals surface area (Å²) >= 11 is 0. The van der Waals surface area contributed by atoms with Gasteiger partial charge in [-0.3, -0.25) is 4.79 Å². The van der Waals surface area contributed by atoms with E-state index in [1.165, 1.54) is 12.0 Å². The first-order chi connectivity index (χ1) is 11.1. The third-order valence-electron chi connectivity index (χ3n) is 4.67. The molecule has 3 heteroatoms. The zero-order valence-electron chi connectivity index (χ0n) is 14.0. The standard InChI is InChI=1S/C20H24N2O/c1-14-12-18(14)19(15-8-5-4-6-9-15)21-20(23)16-10-7-11-17(13-16)22(2)3/h4-11,13-14,18-19H,12H2,1-3H3,(H,21,23). The maximum atomic E-state index is 12.7. The molecule has 1 N–H and O–H groups in total. The fourth-order valence-electron chi connectivity index (χ4n) is 3.06. The minimum atomic E-state index is 0.00153. The van der Waals surface area contributed by atoms with Gasteiger partial charge in [0, 0.05) is 25.3 Å². The molecule has 1 fully saturated rings. The molecule has 120 valence electrons. The zero-order valence-corrected chi connectivity index (χ0v) is 14.0. The molecular weight excluding hydrogens is 284 g/mol. The molecule has 0 radical (unpaired) electrons. The largest absolute Gasteiger partial charge is 0.378 e. The smallest absolute Gasteiger partial charge is 0.251 e. The van der Waals surface area contributed by atoms with E-state index in [-0.39, 0.29) is 11.9 Å². The molecule has 1 aliphatic carbocycles. The summed E-state index contributed by atoms with van der Waals surface area (Å²) in [6, 6.07) is 18.1. The molecule has 0 heterocycles. The molecule has 0 spiro atoms. The van der Waals surface area contributed by atoms with E-state index in [0.717, 1.165) is 5.69 Å². The van der Waals surface area contributed by atoms with Gasteiger partial charge < -0.3 is 10.2 Å². The van der Waals surface area contributed by atoms with Crippen LogP contribution in [0.5, 0.6) is 0 Å². The highest BCUT2D eigenvalue weighted by atomic mass is 16.1. The number of anilines is 1. The molecule has 3 unspecified atom stereocenters. The number of hydrogen-bond donors (Lipinski definition) is 1. The van der Waals surface area contributed by atoms with E-state index in [0.29, 0.717) is 17.4 Å². The Labute approximate surface area is 138 Å². The normalized spacial score (nSPS) is 20.7. The summed E-state index contributed by atoms with van der Waals surface area (Å²) < 4.78 is 0. The monoisotopic (exact) mass is 308 g/mol. The minimum absolute atomic E-state index is 0.00153. The molecule has 0 bridgehead atoms. The Morgan fingerprint density at radius 3 is 2.43 bits per heavy atom. The molecule has 3 rings (SSSR count). The highest BCUT2D eigenvalue weighted by Gasteiger charge is 2.40. The van der Waals surface area contributed by atoms with Gasteiger partial charge in [-0.15, -0.1) is 0 Å². The van der Waals surface area contributed by atoms with Gasteiger partial charge in [-0.2, -0.15) is 0 Å². The number of amides is 1. The van der Waals surface area contributed by atoms with Gasteiger partial charge >= 0.3 is 0 Å². The first kappa shape index (κ1) is 15.6. The highest BCUT2D eigenvalue weighted by molar-refractivity contribution is 5.95. The van der Waals surface area contributed by atoms with Crippen molar-refractivity contribution in [3.05, 3.63) is 65.7 Å². The Morgan fingerprint density at radius 2 is 1.83 bits per heavy atom. The molecule has 0 saturated heterocycles. The number of hydrogen-bond acceptors (Lipinski definition) is 2. The Hall–Kier alpha value is -2.29. The summed E-state index contributed by atoms with van der Waals surface area (Å²) in [5.41, 5.74) is 2.94. The van der Waals surface area contributed by atoms with Gasteiger partial charge in [-0.25, -0.2) is 0 Å². The van der Waals surface area contributed by atoms with Gasteiger partial charge in [-0.05, 0) is 42.0 Å². The van der Waals surface area contributed by atoms with E-state index in [2.05, 4.69) is 24.4 Å². The van der Waals surface area contributed by atoms with E-state index < -0.39 is 0 Å². The van der Waals surface area contributed by atoms with Crippen molar-refractivity contribution in [3.63, 3.8) is 0 Å². The van der Waals surface area contributed by atoms with Crippen molar-refractivity contribution in [1.29, 1.82) is 0 Å². The Morgan fingerprint density at radius 1 is 1.13 bits per heavy atom. The lowest BCUT2D eigenvalue weighted by atomic mass is 10.0. The van der Waals surface area contributed by atoms with E-state index in [1.807, 2.05) is 61.5 Å². The number of rotatable bonds is 5. The topological polar surface area (TPSA) is 32.3 Å². The van der Waals surface area contributed by atoms with Crippen molar-refractivity contribution >= 4 is 11.6 Å². The van der Waals surface area contributed by atoms with Crippen LogP contribution in [0.4, 0.5) is 5.69 Å². The number of nitrogens with zero attached hydrogens (tertiary/aromatic N) is 1. The van der Waals surface area contributed by atoms with Crippen molar-refractivity contribution in [2.75, 3.05) is 19.0 Å². The summed E-state index contributed by atoms with van der Waals surface area (Å²) in [5, 5.41) is 3.25. The average Bonchev–Trinajstić information content (AvgIpc) is 3.29. The minimum Gasteiger partial charge on any atom is -0.378 e. The molecule has 1 saturated carbocycles. The SMILES string of the molecule is CC1CC1C(NC(=O)c1cccc(N(C)C)c1)c1ccccc1. The molecule has 3 nitrogen and oxygen atoms in total. The van der Waals surface area contributed by atoms with Crippen molar-refractivity contribution in [2.24, 2.45) is 11.8 Å². The van der Waals surface area contributed by atoms with Crippen LogP contribution in [0.1, 0.15) is 35.3 Å². The maximum absolute atomic E-state index is 12.7. The first-order valence-corrected chi connectivity index (χ1v) is 8.19. The van der Waals surface area contributed by atoms with E-state index in [1.54, 1.807) is 0 Å². The molecular formula is C20H24N2O.